The van der Waals surface area contributed by atoms with Crippen LogP contribution < -0.4 is 4.74 Å². The summed E-state index contributed by atoms with van der Waals surface area (Å²) in [6.45, 7) is 5.15. The highest BCUT2D eigenvalue weighted by atomic mass is 32.2. The predicted octanol–water partition coefficient (Wildman–Crippen LogP) is 2.30. The number of ether oxygens (including phenoxy) is 1. The van der Waals surface area contributed by atoms with Gasteiger partial charge in [0.25, 0.3) is 0 Å². The monoisotopic (exact) mass is 437 g/mol. The van der Waals surface area contributed by atoms with Crippen molar-refractivity contribution in [3.8, 4) is 17.0 Å². The lowest BCUT2D eigenvalue weighted by Gasteiger charge is -2.31. The van der Waals surface area contributed by atoms with E-state index in [1.165, 1.54) is 18.4 Å². The Morgan fingerprint density at radius 3 is 2.59 bits per heavy atom. The van der Waals surface area contributed by atoms with Gasteiger partial charge in [0.2, 0.25) is 4.96 Å². The molecule has 0 aliphatic heterocycles. The minimum atomic E-state index is -3.65. The number of rotatable bonds is 5. The Balaban J connectivity index is 1.86. The van der Waals surface area contributed by atoms with Crippen LogP contribution >= 0.6 is 11.3 Å². The molecule has 1 aliphatic carbocycles. The second kappa shape index (κ2) is 6.76. The van der Waals surface area contributed by atoms with E-state index in [0.29, 0.717) is 26.9 Å². The van der Waals surface area contributed by atoms with Crippen molar-refractivity contribution >= 4 is 26.1 Å². The van der Waals surface area contributed by atoms with E-state index in [-0.39, 0.29) is 23.5 Å². The summed E-state index contributed by atoms with van der Waals surface area (Å²) in [5.74, 6) is 0.268. The van der Waals surface area contributed by atoms with Gasteiger partial charge in [-0.3, -0.25) is 0 Å². The maximum Gasteiger partial charge on any atom is 0.213 e. The van der Waals surface area contributed by atoms with Gasteiger partial charge in [-0.05, 0) is 51.8 Å². The van der Waals surface area contributed by atoms with Gasteiger partial charge in [-0.2, -0.15) is 5.10 Å². The minimum absolute atomic E-state index is 0.0988. The molecule has 1 aromatic carbocycles. The molecule has 0 saturated heterocycles. The molecule has 0 unspecified atom stereocenters. The topological polar surface area (TPSA) is 114 Å². The molecule has 156 valence electrons. The number of aryl methyl sites for hydroxylation is 1. The Bertz CT molecular complexity index is 1180. The molecule has 2 N–H and O–H groups in total. The zero-order chi connectivity index (χ0) is 21.1. The van der Waals surface area contributed by atoms with Gasteiger partial charge < -0.3 is 14.9 Å². The Morgan fingerprint density at radius 2 is 2.00 bits per heavy atom. The molecule has 0 amide bonds. The van der Waals surface area contributed by atoms with Gasteiger partial charge in [0.05, 0.1) is 29.9 Å². The first-order valence-corrected chi connectivity index (χ1v) is 11.6. The molecule has 1 fully saturated rings. The van der Waals surface area contributed by atoms with Crippen molar-refractivity contribution in [3.63, 3.8) is 0 Å². The Kier molecular flexibility index (Phi) is 4.73. The van der Waals surface area contributed by atoms with Crippen LogP contribution in [-0.2, 0) is 15.4 Å². The van der Waals surface area contributed by atoms with E-state index in [0.717, 1.165) is 0 Å². The Morgan fingerprint density at radius 1 is 1.31 bits per heavy atom. The van der Waals surface area contributed by atoms with E-state index in [9.17, 15) is 18.6 Å². The third-order valence-corrected chi connectivity index (χ3v) is 8.57. The normalized spacial score (nSPS) is 20.1. The average molecular weight is 438 g/mol. The lowest BCUT2D eigenvalue weighted by atomic mass is 9.96. The van der Waals surface area contributed by atoms with E-state index in [4.69, 9.17) is 4.74 Å². The molecule has 0 bridgehead atoms. The van der Waals surface area contributed by atoms with Gasteiger partial charge in [0.1, 0.15) is 21.3 Å². The molecule has 8 nitrogen and oxygen atoms in total. The summed E-state index contributed by atoms with van der Waals surface area (Å²) in [5, 5.41) is 24.2. The maximum absolute atomic E-state index is 13.1. The van der Waals surface area contributed by atoms with E-state index < -0.39 is 26.8 Å². The van der Waals surface area contributed by atoms with Crippen LogP contribution in [0.1, 0.15) is 37.4 Å². The van der Waals surface area contributed by atoms with Crippen molar-refractivity contribution in [2.24, 2.45) is 0 Å². The molecule has 2 heterocycles. The molecule has 29 heavy (non-hydrogen) atoms. The molecule has 1 aliphatic rings. The molecular formula is C19H23N3O5S2. The van der Waals surface area contributed by atoms with Crippen molar-refractivity contribution in [1.29, 1.82) is 0 Å². The van der Waals surface area contributed by atoms with E-state index in [1.54, 1.807) is 36.6 Å². The number of hydrogen-bond acceptors (Lipinski definition) is 8. The molecule has 0 radical (unpaired) electrons. The summed E-state index contributed by atoms with van der Waals surface area (Å²) in [5.41, 5.74) is 0.913. The molecule has 10 heteroatoms. The number of aromatic nitrogens is 3. The van der Waals surface area contributed by atoms with Gasteiger partial charge in [-0.1, -0.05) is 11.3 Å². The largest absolute Gasteiger partial charge is 0.495 e. The molecule has 2 aromatic heterocycles. The van der Waals surface area contributed by atoms with Crippen LogP contribution in [0.3, 0.4) is 0 Å². The summed E-state index contributed by atoms with van der Waals surface area (Å²) in [6.07, 6.45) is -0.115. The minimum Gasteiger partial charge on any atom is -0.495 e. The fraction of sp³-hybridized carbons (Fsp3) is 0.474. The Hall–Kier alpha value is -2.01. The average Bonchev–Trinajstić information content (AvgIpc) is 3.15. The van der Waals surface area contributed by atoms with E-state index in [1.807, 2.05) is 6.92 Å². The number of nitrogens with zero attached hydrogens (tertiary/aromatic N) is 3. The number of hydrogen-bond donors (Lipinski definition) is 2. The smallest absolute Gasteiger partial charge is 0.213 e. The molecule has 0 atom stereocenters. The first kappa shape index (κ1) is 20.3. The maximum atomic E-state index is 13.1. The lowest BCUT2D eigenvalue weighted by molar-refractivity contribution is 0.0773. The highest BCUT2D eigenvalue weighted by Gasteiger charge is 2.40. The van der Waals surface area contributed by atoms with Gasteiger partial charge in [0, 0.05) is 5.56 Å². The van der Waals surface area contributed by atoms with Crippen molar-refractivity contribution < 1.29 is 23.4 Å². The highest BCUT2D eigenvalue weighted by Crippen LogP contribution is 2.39. The SMILES string of the molecule is COc1ccc(-c2c(C)nc3sc(C(C)(C)O)nn23)cc1S(=O)(=O)C1CC(O)C1. The second-order valence-electron chi connectivity index (χ2n) is 7.86. The summed E-state index contributed by atoms with van der Waals surface area (Å²) < 4.78 is 33.1. The standard InChI is InChI=1S/C19H23N3O5S2/c1-10-16(22-18(20-10)28-17(21-22)19(2,3)24)11-5-6-14(27-4)15(7-11)29(25,26)13-8-12(23)9-13/h5-7,12-13,23-24H,8-9H2,1-4H3. The summed E-state index contributed by atoms with van der Waals surface area (Å²) >= 11 is 1.29. The van der Waals surface area contributed by atoms with Crippen molar-refractivity contribution in [2.75, 3.05) is 7.11 Å². The van der Waals surface area contributed by atoms with Crippen molar-refractivity contribution in [2.45, 2.75) is 55.5 Å². The van der Waals surface area contributed by atoms with Crippen molar-refractivity contribution in [1.82, 2.24) is 14.6 Å². The summed E-state index contributed by atoms with van der Waals surface area (Å²) in [4.78, 5) is 5.25. The Labute approximate surface area is 172 Å². The van der Waals surface area contributed by atoms with E-state index in [2.05, 4.69) is 10.1 Å². The molecule has 4 rings (SSSR count). The van der Waals surface area contributed by atoms with Crippen LogP contribution in [0.2, 0.25) is 0 Å². The molecule has 0 spiro atoms. The van der Waals surface area contributed by atoms with Gasteiger partial charge in [-0.15, -0.1) is 0 Å². The number of methoxy groups -OCH3 is 1. The summed E-state index contributed by atoms with van der Waals surface area (Å²) in [6, 6.07) is 4.98. The zero-order valence-electron chi connectivity index (χ0n) is 16.6. The number of imidazole rings is 1. The van der Waals surface area contributed by atoms with Crippen LogP contribution in [-0.4, -0.2) is 51.7 Å². The van der Waals surface area contributed by atoms with Gasteiger partial charge >= 0.3 is 0 Å². The lowest BCUT2D eigenvalue weighted by Crippen LogP contribution is -2.39. The number of benzene rings is 1. The number of aliphatic hydroxyl groups is 2. The second-order valence-corrected chi connectivity index (χ2v) is 11.0. The first-order chi connectivity index (χ1) is 13.5. The van der Waals surface area contributed by atoms with Crippen LogP contribution in [0.4, 0.5) is 0 Å². The van der Waals surface area contributed by atoms with Crippen LogP contribution in [0.25, 0.3) is 16.2 Å². The van der Waals surface area contributed by atoms with E-state index >= 15 is 0 Å². The van der Waals surface area contributed by atoms with Gasteiger partial charge in [-0.25, -0.2) is 17.9 Å². The first-order valence-electron chi connectivity index (χ1n) is 9.21. The molecular weight excluding hydrogens is 414 g/mol. The fourth-order valence-electron chi connectivity index (χ4n) is 3.44. The van der Waals surface area contributed by atoms with Crippen molar-refractivity contribution in [3.05, 3.63) is 28.9 Å². The summed E-state index contributed by atoms with van der Waals surface area (Å²) in [7, 11) is -2.22. The number of fused-ring (bicyclic) bond motifs is 1. The molecule has 3 aromatic rings. The predicted molar refractivity (Wildman–Crippen MR) is 109 cm³/mol. The number of aliphatic hydroxyl groups excluding tert-OH is 1. The van der Waals surface area contributed by atoms with Gasteiger partial charge in [0.15, 0.2) is 9.84 Å². The third-order valence-electron chi connectivity index (χ3n) is 5.15. The third kappa shape index (κ3) is 3.33. The van der Waals surface area contributed by atoms with Crippen LogP contribution in [0.5, 0.6) is 5.75 Å². The zero-order valence-corrected chi connectivity index (χ0v) is 18.2. The quantitative estimate of drug-likeness (QED) is 0.629. The number of sulfone groups is 1. The fourth-order valence-corrected chi connectivity index (χ4v) is 6.42. The van der Waals surface area contributed by atoms with Crippen LogP contribution in [0.15, 0.2) is 23.1 Å². The molecule has 1 saturated carbocycles. The van der Waals surface area contributed by atoms with Crippen LogP contribution in [0, 0.1) is 6.92 Å². The highest BCUT2D eigenvalue weighted by molar-refractivity contribution is 7.92.